The maximum atomic E-state index is 12.5. The van der Waals surface area contributed by atoms with Crippen LogP contribution in [0, 0.1) is 0 Å². The van der Waals surface area contributed by atoms with Crippen molar-refractivity contribution in [2.45, 2.75) is 38.8 Å². The van der Waals surface area contributed by atoms with E-state index in [0.29, 0.717) is 12.2 Å². The first-order chi connectivity index (χ1) is 14.1. The predicted molar refractivity (Wildman–Crippen MR) is 115 cm³/mol. The van der Waals surface area contributed by atoms with Gasteiger partial charge in [-0.3, -0.25) is 4.90 Å². The number of nitrogens with one attached hydrogen (secondary N) is 2. The van der Waals surface area contributed by atoms with Crippen LogP contribution in [0.2, 0.25) is 0 Å². The van der Waals surface area contributed by atoms with Gasteiger partial charge in [0.05, 0.1) is 24.1 Å². The minimum absolute atomic E-state index is 0.189. The third kappa shape index (κ3) is 4.40. The fraction of sp³-hybridized carbons (Fsp3) is 0.409. The van der Waals surface area contributed by atoms with Crippen molar-refractivity contribution in [3.8, 4) is 0 Å². The topological polar surface area (TPSA) is 75.1 Å². The van der Waals surface area contributed by atoms with E-state index < -0.39 is 0 Å². The molecule has 3 heterocycles. The van der Waals surface area contributed by atoms with Gasteiger partial charge >= 0.3 is 6.03 Å². The number of amides is 2. The Kier molecular flexibility index (Phi) is 5.76. The number of likely N-dealkylation sites (tertiary alicyclic amines) is 1. The minimum Gasteiger partial charge on any atom is -0.336 e. The molecule has 0 bridgehead atoms. The molecule has 1 atom stereocenters. The highest BCUT2D eigenvalue weighted by atomic mass is 16.2. The van der Waals surface area contributed by atoms with Crippen LogP contribution in [0.1, 0.15) is 44.3 Å². The quantitative estimate of drug-likeness (QED) is 0.666. The van der Waals surface area contributed by atoms with E-state index in [-0.39, 0.29) is 18.1 Å². The molecule has 0 saturated carbocycles. The second kappa shape index (κ2) is 8.61. The fourth-order valence-electron chi connectivity index (χ4n) is 3.94. The van der Waals surface area contributed by atoms with E-state index in [2.05, 4.69) is 63.7 Å². The van der Waals surface area contributed by atoms with Gasteiger partial charge in [0.15, 0.2) is 5.65 Å². The van der Waals surface area contributed by atoms with Crippen molar-refractivity contribution >= 4 is 22.8 Å². The average molecular weight is 393 g/mol. The van der Waals surface area contributed by atoms with Crippen LogP contribution in [0.4, 0.5) is 10.5 Å². The first kappa shape index (κ1) is 19.4. The van der Waals surface area contributed by atoms with Crippen LogP contribution in [0.15, 0.2) is 48.8 Å². The molecule has 1 saturated heterocycles. The van der Waals surface area contributed by atoms with Gasteiger partial charge in [-0.25, -0.2) is 14.5 Å². The monoisotopic (exact) mass is 392 g/mol. The number of aromatic nitrogens is 3. The van der Waals surface area contributed by atoms with Gasteiger partial charge in [-0.05, 0) is 51.4 Å². The van der Waals surface area contributed by atoms with E-state index in [9.17, 15) is 4.79 Å². The molecule has 0 radical (unpaired) electrons. The van der Waals surface area contributed by atoms with Gasteiger partial charge in [-0.15, -0.1) is 0 Å². The average Bonchev–Trinajstić information content (AvgIpc) is 3.38. The molecule has 4 rings (SSSR count). The number of fused-ring (bicyclic) bond motifs is 1. The Morgan fingerprint density at radius 2 is 1.90 bits per heavy atom. The third-order valence-corrected chi connectivity index (χ3v) is 5.40. The number of anilines is 1. The second-order valence-corrected chi connectivity index (χ2v) is 7.82. The SMILES string of the molecule is CC(C)n1ncc2cc(NC(=O)NCC(c3ccccc3)N3CCCC3)cnc21. The summed E-state index contributed by atoms with van der Waals surface area (Å²) in [7, 11) is 0. The lowest BCUT2D eigenvalue weighted by molar-refractivity contribution is 0.227. The molecule has 1 aliphatic heterocycles. The molecule has 2 N–H and O–H groups in total. The van der Waals surface area contributed by atoms with Crippen LogP contribution < -0.4 is 10.6 Å². The summed E-state index contributed by atoms with van der Waals surface area (Å²) in [4.78, 5) is 19.4. The van der Waals surface area contributed by atoms with Crippen molar-refractivity contribution in [3.63, 3.8) is 0 Å². The summed E-state index contributed by atoms with van der Waals surface area (Å²) in [6.45, 7) is 6.85. The highest BCUT2D eigenvalue weighted by Gasteiger charge is 2.23. The molecule has 1 unspecified atom stereocenters. The number of benzene rings is 1. The number of urea groups is 1. The minimum atomic E-state index is -0.220. The Morgan fingerprint density at radius 1 is 1.14 bits per heavy atom. The van der Waals surface area contributed by atoms with Crippen molar-refractivity contribution in [2.24, 2.45) is 0 Å². The van der Waals surface area contributed by atoms with Crippen molar-refractivity contribution in [3.05, 3.63) is 54.4 Å². The molecule has 2 amide bonds. The Balaban J connectivity index is 1.41. The molecule has 1 fully saturated rings. The largest absolute Gasteiger partial charge is 0.336 e. The van der Waals surface area contributed by atoms with Crippen LogP contribution in [0.5, 0.6) is 0 Å². The van der Waals surface area contributed by atoms with Crippen LogP contribution >= 0.6 is 0 Å². The van der Waals surface area contributed by atoms with Crippen LogP contribution in [0.25, 0.3) is 11.0 Å². The zero-order chi connectivity index (χ0) is 20.2. The van der Waals surface area contributed by atoms with E-state index in [4.69, 9.17) is 0 Å². The maximum Gasteiger partial charge on any atom is 0.319 e. The van der Waals surface area contributed by atoms with Gasteiger partial charge in [0.1, 0.15) is 0 Å². The van der Waals surface area contributed by atoms with E-state index >= 15 is 0 Å². The summed E-state index contributed by atoms with van der Waals surface area (Å²) >= 11 is 0. The summed E-state index contributed by atoms with van der Waals surface area (Å²) < 4.78 is 1.87. The van der Waals surface area contributed by atoms with Gasteiger partial charge in [0.2, 0.25) is 0 Å². The molecule has 1 aromatic carbocycles. The normalized spacial score (nSPS) is 15.7. The first-order valence-corrected chi connectivity index (χ1v) is 10.3. The lowest BCUT2D eigenvalue weighted by Gasteiger charge is -2.28. The highest BCUT2D eigenvalue weighted by Crippen LogP contribution is 2.24. The number of rotatable bonds is 6. The number of nitrogens with zero attached hydrogens (tertiary/aromatic N) is 4. The third-order valence-electron chi connectivity index (χ3n) is 5.40. The molecule has 0 spiro atoms. The summed E-state index contributed by atoms with van der Waals surface area (Å²) in [5.74, 6) is 0. The summed E-state index contributed by atoms with van der Waals surface area (Å²) in [5, 5.41) is 11.2. The Bertz CT molecular complexity index is 962. The number of hydrogen-bond donors (Lipinski definition) is 2. The smallest absolute Gasteiger partial charge is 0.319 e. The van der Waals surface area contributed by atoms with Crippen LogP contribution in [0.3, 0.4) is 0 Å². The fourth-order valence-corrected chi connectivity index (χ4v) is 3.94. The standard InChI is InChI=1S/C22H28N6O/c1-16(2)28-21-18(13-25-28)12-19(14-23-21)26-22(29)24-15-20(27-10-6-7-11-27)17-8-4-3-5-9-17/h3-5,8-9,12-14,16,20H,6-7,10-11,15H2,1-2H3,(H2,24,26,29). The van der Waals surface area contributed by atoms with Gasteiger partial charge in [0, 0.05) is 18.0 Å². The van der Waals surface area contributed by atoms with Gasteiger partial charge < -0.3 is 10.6 Å². The Morgan fingerprint density at radius 3 is 2.62 bits per heavy atom. The van der Waals surface area contributed by atoms with Crippen molar-refractivity contribution in [1.29, 1.82) is 0 Å². The highest BCUT2D eigenvalue weighted by molar-refractivity contribution is 5.91. The van der Waals surface area contributed by atoms with E-state index in [1.807, 2.05) is 16.8 Å². The molecule has 7 heteroatoms. The molecule has 0 aliphatic carbocycles. The number of carbonyl (C=O) groups excluding carboxylic acids is 1. The number of hydrogen-bond acceptors (Lipinski definition) is 4. The summed E-state index contributed by atoms with van der Waals surface area (Å²) in [6, 6.07) is 12.5. The number of carbonyl (C=O) groups is 1. The van der Waals surface area contributed by atoms with E-state index in [1.165, 1.54) is 18.4 Å². The Labute approximate surface area is 171 Å². The van der Waals surface area contributed by atoms with Crippen LogP contribution in [-0.4, -0.2) is 45.3 Å². The van der Waals surface area contributed by atoms with E-state index in [0.717, 1.165) is 24.1 Å². The van der Waals surface area contributed by atoms with E-state index in [1.54, 1.807) is 12.4 Å². The van der Waals surface area contributed by atoms with Crippen molar-refractivity contribution in [1.82, 2.24) is 25.0 Å². The number of pyridine rings is 1. The van der Waals surface area contributed by atoms with Gasteiger partial charge in [-0.2, -0.15) is 5.10 Å². The Hall–Kier alpha value is -2.93. The summed E-state index contributed by atoms with van der Waals surface area (Å²) in [6.07, 6.45) is 5.89. The molecular formula is C22H28N6O. The molecule has 152 valence electrons. The van der Waals surface area contributed by atoms with Crippen LogP contribution in [-0.2, 0) is 0 Å². The van der Waals surface area contributed by atoms with Crippen molar-refractivity contribution < 1.29 is 4.79 Å². The maximum absolute atomic E-state index is 12.5. The molecule has 29 heavy (non-hydrogen) atoms. The summed E-state index contributed by atoms with van der Waals surface area (Å²) in [5.41, 5.74) is 2.72. The molecule has 3 aromatic rings. The van der Waals surface area contributed by atoms with Gasteiger partial charge in [0.25, 0.3) is 0 Å². The first-order valence-electron chi connectivity index (χ1n) is 10.3. The predicted octanol–water partition coefficient (Wildman–Crippen LogP) is 3.97. The molecular weight excluding hydrogens is 364 g/mol. The zero-order valence-electron chi connectivity index (χ0n) is 17.0. The molecule has 7 nitrogen and oxygen atoms in total. The zero-order valence-corrected chi connectivity index (χ0v) is 17.0. The lowest BCUT2D eigenvalue weighted by Crippen LogP contribution is -2.38. The second-order valence-electron chi connectivity index (χ2n) is 7.82. The molecule has 2 aromatic heterocycles. The molecule has 1 aliphatic rings. The van der Waals surface area contributed by atoms with Crippen molar-refractivity contribution in [2.75, 3.05) is 25.0 Å². The lowest BCUT2D eigenvalue weighted by atomic mass is 10.1. The van der Waals surface area contributed by atoms with Gasteiger partial charge in [-0.1, -0.05) is 30.3 Å².